The normalized spacial score (nSPS) is 15.8. The molecular weight excluding hydrogens is 390 g/mol. The van der Waals surface area contributed by atoms with E-state index in [-0.39, 0.29) is 5.91 Å². The van der Waals surface area contributed by atoms with Crippen LogP contribution in [0.3, 0.4) is 0 Å². The van der Waals surface area contributed by atoms with Gasteiger partial charge in [0.15, 0.2) is 5.60 Å². The van der Waals surface area contributed by atoms with Crippen LogP contribution in [0.2, 0.25) is 0 Å². The van der Waals surface area contributed by atoms with Gasteiger partial charge in [0.1, 0.15) is 5.75 Å². The first-order valence-electron chi connectivity index (χ1n) is 9.51. The molecule has 0 bridgehead atoms. The number of ether oxygens (including phenoxy) is 1. The van der Waals surface area contributed by atoms with Crippen molar-refractivity contribution >= 4 is 27.3 Å². The molecule has 1 aliphatic rings. The highest BCUT2D eigenvalue weighted by Gasteiger charge is 2.31. The van der Waals surface area contributed by atoms with Gasteiger partial charge in [0.2, 0.25) is 10.0 Å². The Morgan fingerprint density at radius 3 is 2.17 bits per heavy atom. The van der Waals surface area contributed by atoms with Gasteiger partial charge in [0, 0.05) is 26.2 Å². The predicted octanol–water partition coefficient (Wildman–Crippen LogP) is 2.56. The topological polar surface area (TPSA) is 79.0 Å². The molecule has 1 fully saturated rings. The Kier molecular flexibility index (Phi) is 6.14. The van der Waals surface area contributed by atoms with Gasteiger partial charge in [0.25, 0.3) is 5.91 Å². The molecule has 29 heavy (non-hydrogen) atoms. The zero-order valence-electron chi connectivity index (χ0n) is 17.0. The fourth-order valence-corrected chi connectivity index (χ4v) is 4.04. The number of benzene rings is 2. The quantitative estimate of drug-likeness (QED) is 0.782. The molecule has 8 heteroatoms. The molecule has 0 atom stereocenters. The van der Waals surface area contributed by atoms with Gasteiger partial charge < -0.3 is 15.0 Å². The van der Waals surface area contributed by atoms with E-state index in [4.69, 9.17) is 4.74 Å². The molecule has 2 aromatic carbocycles. The average Bonchev–Trinajstić information content (AvgIpc) is 2.68. The molecule has 0 unspecified atom stereocenters. The Morgan fingerprint density at radius 2 is 1.55 bits per heavy atom. The van der Waals surface area contributed by atoms with Crippen LogP contribution in [0.15, 0.2) is 54.6 Å². The van der Waals surface area contributed by atoms with E-state index in [0.29, 0.717) is 37.6 Å². The van der Waals surface area contributed by atoms with Crippen molar-refractivity contribution in [1.29, 1.82) is 0 Å². The molecule has 156 valence electrons. The van der Waals surface area contributed by atoms with E-state index < -0.39 is 15.6 Å². The summed E-state index contributed by atoms with van der Waals surface area (Å²) < 4.78 is 30.8. The number of nitrogens with one attached hydrogen (secondary N) is 1. The van der Waals surface area contributed by atoms with Crippen molar-refractivity contribution in [2.75, 3.05) is 42.7 Å². The van der Waals surface area contributed by atoms with Gasteiger partial charge in [-0.3, -0.25) is 4.79 Å². The maximum atomic E-state index is 12.9. The number of rotatable bonds is 6. The lowest BCUT2D eigenvalue weighted by atomic mass is 10.1. The number of hydrogen-bond acceptors (Lipinski definition) is 5. The van der Waals surface area contributed by atoms with E-state index in [1.807, 2.05) is 54.6 Å². The first-order valence-corrected chi connectivity index (χ1v) is 11.4. The van der Waals surface area contributed by atoms with Crippen LogP contribution < -0.4 is 15.0 Å². The monoisotopic (exact) mass is 417 g/mol. The van der Waals surface area contributed by atoms with E-state index in [2.05, 4.69) is 10.2 Å². The smallest absolute Gasteiger partial charge is 0.268 e. The highest BCUT2D eigenvalue weighted by molar-refractivity contribution is 7.88. The largest absolute Gasteiger partial charge is 0.478 e. The Labute approximate surface area is 172 Å². The second kappa shape index (κ2) is 8.42. The maximum Gasteiger partial charge on any atom is 0.268 e. The third-order valence-electron chi connectivity index (χ3n) is 4.86. The number of piperazine rings is 1. The summed E-state index contributed by atoms with van der Waals surface area (Å²) in [4.78, 5) is 15.0. The van der Waals surface area contributed by atoms with Gasteiger partial charge in [-0.05, 0) is 38.1 Å². The minimum Gasteiger partial charge on any atom is -0.478 e. The lowest BCUT2D eigenvalue weighted by Gasteiger charge is -2.36. The second-order valence-electron chi connectivity index (χ2n) is 7.55. The number of carbonyl (C=O) groups excluding carboxylic acids is 1. The lowest BCUT2D eigenvalue weighted by molar-refractivity contribution is -0.128. The maximum absolute atomic E-state index is 12.9. The van der Waals surface area contributed by atoms with Crippen molar-refractivity contribution in [3.8, 4) is 5.75 Å². The summed E-state index contributed by atoms with van der Waals surface area (Å²) in [6.45, 7) is 5.41. The lowest BCUT2D eigenvalue weighted by Crippen LogP contribution is -2.48. The molecule has 0 aliphatic carbocycles. The number of hydrogen-bond donors (Lipinski definition) is 1. The van der Waals surface area contributed by atoms with Crippen molar-refractivity contribution in [2.45, 2.75) is 19.4 Å². The molecule has 3 rings (SSSR count). The van der Waals surface area contributed by atoms with Crippen LogP contribution in [0.4, 0.5) is 11.4 Å². The third kappa shape index (κ3) is 5.27. The van der Waals surface area contributed by atoms with Crippen molar-refractivity contribution < 1.29 is 17.9 Å². The molecule has 1 aliphatic heterocycles. The number of sulfonamides is 1. The first-order chi connectivity index (χ1) is 13.7. The summed E-state index contributed by atoms with van der Waals surface area (Å²) in [5.41, 5.74) is 0.475. The first kappa shape index (κ1) is 21.1. The van der Waals surface area contributed by atoms with Crippen LogP contribution in [0.5, 0.6) is 5.75 Å². The zero-order chi connectivity index (χ0) is 21.1. The van der Waals surface area contributed by atoms with Crippen LogP contribution in [0.25, 0.3) is 0 Å². The fourth-order valence-electron chi connectivity index (χ4n) is 3.22. The highest BCUT2D eigenvalue weighted by atomic mass is 32.2. The standard InChI is InChI=1S/C21H27N3O4S/c1-21(2,28-17-9-5-4-6-10-17)20(25)22-18-11-7-8-12-19(18)23-13-15-24(16-14-23)29(3,26)27/h4-12H,13-16H2,1-3H3,(H,22,25). The molecule has 0 aromatic heterocycles. The molecule has 1 amide bonds. The van der Waals surface area contributed by atoms with Crippen LogP contribution >= 0.6 is 0 Å². The van der Waals surface area contributed by atoms with Gasteiger partial charge in [0.05, 0.1) is 17.6 Å². The SMILES string of the molecule is CC(C)(Oc1ccccc1)C(=O)Nc1ccccc1N1CCN(S(C)(=O)=O)CC1. The Balaban J connectivity index is 1.71. The molecular formula is C21H27N3O4S. The van der Waals surface area contributed by atoms with Crippen molar-refractivity contribution in [1.82, 2.24) is 4.31 Å². The molecule has 0 spiro atoms. The molecule has 1 saturated heterocycles. The van der Waals surface area contributed by atoms with E-state index in [0.717, 1.165) is 5.69 Å². The minimum absolute atomic E-state index is 0.261. The number of carbonyl (C=O) groups is 1. The Bertz CT molecular complexity index is 953. The molecule has 0 radical (unpaired) electrons. The number of amides is 1. The van der Waals surface area contributed by atoms with Crippen LogP contribution in [-0.2, 0) is 14.8 Å². The van der Waals surface area contributed by atoms with Crippen molar-refractivity contribution in [2.24, 2.45) is 0 Å². The average molecular weight is 418 g/mol. The second-order valence-corrected chi connectivity index (χ2v) is 9.53. The summed E-state index contributed by atoms with van der Waals surface area (Å²) in [7, 11) is -3.19. The van der Waals surface area contributed by atoms with Crippen molar-refractivity contribution in [3.63, 3.8) is 0 Å². The van der Waals surface area contributed by atoms with Crippen LogP contribution in [0, 0.1) is 0 Å². The summed E-state index contributed by atoms with van der Waals surface area (Å²) in [6, 6.07) is 16.7. The highest BCUT2D eigenvalue weighted by Crippen LogP contribution is 2.28. The molecule has 1 heterocycles. The van der Waals surface area contributed by atoms with Gasteiger partial charge in [-0.25, -0.2) is 8.42 Å². The van der Waals surface area contributed by atoms with E-state index in [9.17, 15) is 13.2 Å². The van der Waals surface area contributed by atoms with Crippen LogP contribution in [-0.4, -0.2) is 56.7 Å². The van der Waals surface area contributed by atoms with E-state index in [1.54, 1.807) is 13.8 Å². The molecule has 2 aromatic rings. The van der Waals surface area contributed by atoms with Gasteiger partial charge in [-0.2, -0.15) is 4.31 Å². The summed E-state index contributed by atoms with van der Waals surface area (Å²) in [5.74, 6) is 0.362. The molecule has 1 N–H and O–H groups in total. The number of para-hydroxylation sites is 3. The van der Waals surface area contributed by atoms with Gasteiger partial charge in [-0.15, -0.1) is 0 Å². The summed E-state index contributed by atoms with van der Waals surface area (Å²) in [6.07, 6.45) is 1.23. The van der Waals surface area contributed by atoms with E-state index >= 15 is 0 Å². The number of anilines is 2. The molecule has 0 saturated carbocycles. The Hall–Kier alpha value is -2.58. The third-order valence-corrected chi connectivity index (χ3v) is 6.17. The predicted molar refractivity (Wildman–Crippen MR) is 115 cm³/mol. The minimum atomic E-state index is -3.19. The Morgan fingerprint density at radius 1 is 0.966 bits per heavy atom. The zero-order valence-corrected chi connectivity index (χ0v) is 17.8. The van der Waals surface area contributed by atoms with Gasteiger partial charge >= 0.3 is 0 Å². The fraction of sp³-hybridized carbons (Fsp3) is 0.381. The molecule has 7 nitrogen and oxygen atoms in total. The summed E-state index contributed by atoms with van der Waals surface area (Å²) in [5, 5.41) is 2.97. The van der Waals surface area contributed by atoms with Crippen molar-refractivity contribution in [3.05, 3.63) is 54.6 Å². The van der Waals surface area contributed by atoms with Crippen LogP contribution in [0.1, 0.15) is 13.8 Å². The van der Waals surface area contributed by atoms with E-state index in [1.165, 1.54) is 10.6 Å². The van der Waals surface area contributed by atoms with Gasteiger partial charge in [-0.1, -0.05) is 30.3 Å². The number of nitrogens with zero attached hydrogens (tertiary/aromatic N) is 2. The summed E-state index contributed by atoms with van der Waals surface area (Å²) >= 11 is 0.